The molecule has 21 heavy (non-hydrogen) atoms. The van der Waals surface area contributed by atoms with Crippen LogP contribution in [0.1, 0.15) is 32.3 Å². The van der Waals surface area contributed by atoms with Crippen LogP contribution in [0.15, 0.2) is 42.7 Å². The zero-order chi connectivity index (χ0) is 14.9. The number of nitrogens with zero attached hydrogens (tertiary/aromatic N) is 1. The van der Waals surface area contributed by atoms with E-state index in [4.69, 9.17) is 4.74 Å². The number of pyridine rings is 1. The molecule has 0 saturated heterocycles. The predicted molar refractivity (Wildman–Crippen MR) is 87.5 cm³/mol. The Balaban J connectivity index is 2.20. The number of rotatable bonds is 8. The minimum Gasteiger partial charge on any atom is -0.492 e. The van der Waals surface area contributed by atoms with Crippen molar-refractivity contribution < 1.29 is 4.74 Å². The van der Waals surface area contributed by atoms with Crippen LogP contribution in [0.25, 0.3) is 11.1 Å². The smallest absolute Gasteiger partial charge is 0.138 e. The normalized spacial score (nSPS) is 10.6. The SMILES string of the molecule is CCCNCc1ccccc1-c1cncc(OCCC)c1. The summed E-state index contributed by atoms with van der Waals surface area (Å²) in [5, 5.41) is 3.46. The van der Waals surface area contributed by atoms with Crippen LogP contribution >= 0.6 is 0 Å². The van der Waals surface area contributed by atoms with Gasteiger partial charge in [-0.1, -0.05) is 38.1 Å². The van der Waals surface area contributed by atoms with E-state index in [0.717, 1.165) is 43.9 Å². The van der Waals surface area contributed by atoms with E-state index in [1.807, 2.05) is 6.20 Å². The molecular formula is C18H24N2O. The maximum absolute atomic E-state index is 5.68. The van der Waals surface area contributed by atoms with Crippen LogP contribution in [-0.2, 0) is 6.54 Å². The molecule has 1 aromatic carbocycles. The lowest BCUT2D eigenvalue weighted by Gasteiger charge is -2.11. The van der Waals surface area contributed by atoms with E-state index in [1.165, 1.54) is 11.1 Å². The van der Waals surface area contributed by atoms with Gasteiger partial charge in [0.25, 0.3) is 0 Å². The molecule has 0 atom stereocenters. The van der Waals surface area contributed by atoms with Crippen molar-refractivity contribution in [2.24, 2.45) is 0 Å². The van der Waals surface area contributed by atoms with Crippen molar-refractivity contribution in [3.05, 3.63) is 48.3 Å². The lowest BCUT2D eigenvalue weighted by molar-refractivity contribution is 0.316. The summed E-state index contributed by atoms with van der Waals surface area (Å²) in [4.78, 5) is 4.31. The van der Waals surface area contributed by atoms with Crippen LogP contribution in [0.4, 0.5) is 0 Å². The first kappa shape index (κ1) is 15.5. The molecule has 0 amide bonds. The van der Waals surface area contributed by atoms with Gasteiger partial charge in [-0.25, -0.2) is 0 Å². The van der Waals surface area contributed by atoms with Crippen LogP contribution in [-0.4, -0.2) is 18.1 Å². The first-order valence-electron chi connectivity index (χ1n) is 7.72. The largest absolute Gasteiger partial charge is 0.492 e. The standard InChI is InChI=1S/C18H24N2O/c1-3-9-19-12-15-7-5-6-8-18(15)16-11-17(14-20-13-16)21-10-4-2/h5-8,11,13-14,19H,3-4,9-10,12H2,1-2H3. The number of benzene rings is 1. The molecule has 2 rings (SSSR count). The molecule has 2 aromatic rings. The summed E-state index contributed by atoms with van der Waals surface area (Å²) >= 11 is 0. The van der Waals surface area contributed by atoms with Gasteiger partial charge in [0.1, 0.15) is 5.75 Å². The maximum Gasteiger partial charge on any atom is 0.138 e. The van der Waals surface area contributed by atoms with Gasteiger partial charge >= 0.3 is 0 Å². The quantitative estimate of drug-likeness (QED) is 0.743. The third-order valence-electron chi connectivity index (χ3n) is 3.26. The Bertz CT molecular complexity index is 554. The van der Waals surface area contributed by atoms with Crippen molar-refractivity contribution in [1.29, 1.82) is 0 Å². The Labute approximate surface area is 127 Å². The molecule has 112 valence electrons. The van der Waals surface area contributed by atoms with E-state index in [1.54, 1.807) is 6.20 Å². The summed E-state index contributed by atoms with van der Waals surface area (Å²) in [7, 11) is 0. The first-order chi connectivity index (χ1) is 10.3. The van der Waals surface area contributed by atoms with Gasteiger partial charge in [-0.15, -0.1) is 0 Å². The highest BCUT2D eigenvalue weighted by Gasteiger charge is 2.06. The predicted octanol–water partition coefficient (Wildman–Crippen LogP) is 4.04. The number of nitrogens with one attached hydrogen (secondary N) is 1. The van der Waals surface area contributed by atoms with Crippen LogP contribution in [0.3, 0.4) is 0 Å². The van der Waals surface area contributed by atoms with Crippen molar-refractivity contribution >= 4 is 0 Å². The molecule has 1 heterocycles. The van der Waals surface area contributed by atoms with Crippen LogP contribution in [0.5, 0.6) is 5.75 Å². The first-order valence-corrected chi connectivity index (χ1v) is 7.72. The molecule has 3 nitrogen and oxygen atoms in total. The van der Waals surface area contributed by atoms with E-state index in [2.05, 4.69) is 54.5 Å². The minimum atomic E-state index is 0.727. The van der Waals surface area contributed by atoms with Crippen LogP contribution < -0.4 is 10.1 Å². The van der Waals surface area contributed by atoms with Crippen LogP contribution in [0, 0.1) is 0 Å². The molecular weight excluding hydrogens is 260 g/mol. The molecule has 0 unspecified atom stereocenters. The number of ether oxygens (including phenoxy) is 1. The maximum atomic E-state index is 5.68. The Kier molecular flexibility index (Phi) is 6.22. The summed E-state index contributed by atoms with van der Waals surface area (Å²) in [5.41, 5.74) is 3.62. The molecule has 0 aliphatic rings. The Morgan fingerprint density at radius 3 is 2.76 bits per heavy atom. The van der Waals surface area contributed by atoms with E-state index < -0.39 is 0 Å². The highest BCUT2D eigenvalue weighted by molar-refractivity contribution is 5.67. The fourth-order valence-corrected chi connectivity index (χ4v) is 2.22. The summed E-state index contributed by atoms with van der Waals surface area (Å²) in [6, 6.07) is 10.5. The molecule has 0 fully saturated rings. The van der Waals surface area contributed by atoms with Crippen molar-refractivity contribution in [2.75, 3.05) is 13.2 Å². The molecule has 0 aliphatic heterocycles. The zero-order valence-electron chi connectivity index (χ0n) is 12.9. The monoisotopic (exact) mass is 284 g/mol. The second kappa shape index (κ2) is 8.42. The highest BCUT2D eigenvalue weighted by atomic mass is 16.5. The van der Waals surface area contributed by atoms with E-state index in [-0.39, 0.29) is 0 Å². The highest BCUT2D eigenvalue weighted by Crippen LogP contribution is 2.26. The Hall–Kier alpha value is -1.87. The van der Waals surface area contributed by atoms with Gasteiger partial charge < -0.3 is 10.1 Å². The fraction of sp³-hybridized carbons (Fsp3) is 0.389. The van der Waals surface area contributed by atoms with Gasteiger partial charge in [0.05, 0.1) is 12.8 Å². The molecule has 0 saturated carbocycles. The Morgan fingerprint density at radius 1 is 1.10 bits per heavy atom. The van der Waals surface area contributed by atoms with Gasteiger partial charge in [-0.3, -0.25) is 4.98 Å². The molecule has 1 N–H and O–H groups in total. The minimum absolute atomic E-state index is 0.727. The van der Waals surface area contributed by atoms with Crippen molar-refractivity contribution in [3.63, 3.8) is 0 Å². The molecule has 0 spiro atoms. The average Bonchev–Trinajstić information content (AvgIpc) is 2.54. The Morgan fingerprint density at radius 2 is 1.95 bits per heavy atom. The lowest BCUT2D eigenvalue weighted by Crippen LogP contribution is -2.14. The molecule has 1 aromatic heterocycles. The van der Waals surface area contributed by atoms with Gasteiger partial charge in [0.2, 0.25) is 0 Å². The molecule has 0 bridgehead atoms. The molecule has 3 heteroatoms. The number of hydrogen-bond acceptors (Lipinski definition) is 3. The number of hydrogen-bond donors (Lipinski definition) is 1. The summed E-state index contributed by atoms with van der Waals surface area (Å²) < 4.78 is 5.68. The van der Waals surface area contributed by atoms with Gasteiger partial charge in [0.15, 0.2) is 0 Å². The zero-order valence-corrected chi connectivity index (χ0v) is 12.9. The summed E-state index contributed by atoms with van der Waals surface area (Å²) in [6.07, 6.45) is 5.82. The van der Waals surface area contributed by atoms with E-state index >= 15 is 0 Å². The third kappa shape index (κ3) is 4.57. The average molecular weight is 284 g/mol. The fourth-order valence-electron chi connectivity index (χ4n) is 2.22. The van der Waals surface area contributed by atoms with Gasteiger partial charge in [-0.2, -0.15) is 0 Å². The third-order valence-corrected chi connectivity index (χ3v) is 3.26. The second-order valence-electron chi connectivity index (χ2n) is 5.09. The lowest BCUT2D eigenvalue weighted by atomic mass is 10.0. The molecule has 0 aliphatic carbocycles. The van der Waals surface area contributed by atoms with Gasteiger partial charge in [0, 0.05) is 18.3 Å². The van der Waals surface area contributed by atoms with Crippen LogP contribution in [0.2, 0.25) is 0 Å². The van der Waals surface area contributed by atoms with Crippen molar-refractivity contribution in [1.82, 2.24) is 10.3 Å². The summed E-state index contributed by atoms with van der Waals surface area (Å²) in [5.74, 6) is 0.839. The van der Waals surface area contributed by atoms with E-state index in [0.29, 0.717) is 0 Å². The van der Waals surface area contributed by atoms with Crippen molar-refractivity contribution in [3.8, 4) is 16.9 Å². The van der Waals surface area contributed by atoms with Gasteiger partial charge in [-0.05, 0) is 36.6 Å². The van der Waals surface area contributed by atoms with Crippen molar-refractivity contribution in [2.45, 2.75) is 33.2 Å². The topological polar surface area (TPSA) is 34.2 Å². The second-order valence-corrected chi connectivity index (χ2v) is 5.09. The molecule has 0 radical (unpaired) electrons. The summed E-state index contributed by atoms with van der Waals surface area (Å²) in [6.45, 7) is 6.92. The number of aromatic nitrogens is 1. The van der Waals surface area contributed by atoms with E-state index in [9.17, 15) is 0 Å².